The van der Waals surface area contributed by atoms with Crippen LogP contribution in [-0.4, -0.2) is 25.6 Å². The fraction of sp³-hybridized carbons (Fsp3) is 0.125. The van der Waals surface area contributed by atoms with Crippen LogP contribution >= 0.6 is 0 Å². The average molecular weight is 193 g/mol. The molecule has 2 aromatic heterocycles. The van der Waals surface area contributed by atoms with Crippen molar-refractivity contribution in [1.82, 2.24) is 14.5 Å². The van der Waals surface area contributed by atoms with Crippen molar-refractivity contribution in [3.05, 3.63) is 28.4 Å². The number of H-pyrrole nitrogens is 1. The van der Waals surface area contributed by atoms with E-state index in [2.05, 4.69) is 9.97 Å². The lowest BCUT2D eigenvalue weighted by atomic mass is 10.2. The lowest BCUT2D eigenvalue weighted by Crippen LogP contribution is -2.11. The zero-order chi connectivity index (χ0) is 10.3. The number of aryl methyl sites for hydroxylation is 1. The van der Waals surface area contributed by atoms with Gasteiger partial charge in [-0.2, -0.15) is 0 Å². The van der Waals surface area contributed by atoms with Gasteiger partial charge in [0.2, 0.25) is 0 Å². The summed E-state index contributed by atoms with van der Waals surface area (Å²) in [6, 6.07) is 0. The predicted octanol–water partition coefficient (Wildman–Crippen LogP) is -0.0402. The molecule has 2 aromatic rings. The number of imidazole rings is 1. The standard InChI is InChI=1S/C8H7N3O3/c1-11-5-3-9-2-4(7(12)13)6(5)10-8(11)14/h2-3H,1H3,(H,10,14)(H,12,13). The van der Waals surface area contributed by atoms with Crippen LogP contribution < -0.4 is 5.69 Å². The van der Waals surface area contributed by atoms with Gasteiger partial charge in [0.25, 0.3) is 0 Å². The first-order valence-corrected chi connectivity index (χ1v) is 3.87. The molecule has 2 heterocycles. The van der Waals surface area contributed by atoms with Crippen molar-refractivity contribution in [3.8, 4) is 0 Å². The molecule has 0 atom stereocenters. The number of carboxylic acids is 1. The predicted molar refractivity (Wildman–Crippen MR) is 48.3 cm³/mol. The number of hydrogen-bond donors (Lipinski definition) is 2. The molecule has 72 valence electrons. The Balaban J connectivity index is 2.95. The summed E-state index contributed by atoms with van der Waals surface area (Å²) < 4.78 is 1.31. The second-order valence-corrected chi connectivity index (χ2v) is 2.88. The molecule has 0 unspecified atom stereocenters. The van der Waals surface area contributed by atoms with Crippen molar-refractivity contribution in [3.63, 3.8) is 0 Å². The molecule has 0 aliphatic carbocycles. The first kappa shape index (κ1) is 8.49. The van der Waals surface area contributed by atoms with Crippen LogP contribution in [0, 0.1) is 0 Å². The molecular weight excluding hydrogens is 186 g/mol. The molecule has 14 heavy (non-hydrogen) atoms. The molecule has 2 N–H and O–H groups in total. The van der Waals surface area contributed by atoms with E-state index >= 15 is 0 Å². The number of nitrogens with zero attached hydrogens (tertiary/aromatic N) is 2. The van der Waals surface area contributed by atoms with Gasteiger partial charge in [-0.25, -0.2) is 9.59 Å². The van der Waals surface area contributed by atoms with Gasteiger partial charge in [0.05, 0.1) is 17.2 Å². The highest BCUT2D eigenvalue weighted by Crippen LogP contribution is 2.12. The van der Waals surface area contributed by atoms with Crippen LogP contribution in [0.5, 0.6) is 0 Å². The van der Waals surface area contributed by atoms with Crippen LogP contribution in [0.3, 0.4) is 0 Å². The fourth-order valence-electron chi connectivity index (χ4n) is 1.30. The Bertz CT molecular complexity index is 567. The van der Waals surface area contributed by atoms with Gasteiger partial charge < -0.3 is 10.1 Å². The van der Waals surface area contributed by atoms with Crippen LogP contribution in [0.15, 0.2) is 17.2 Å². The van der Waals surface area contributed by atoms with E-state index in [1.165, 1.54) is 17.0 Å². The number of aromatic carboxylic acids is 1. The van der Waals surface area contributed by atoms with Gasteiger partial charge in [-0.15, -0.1) is 0 Å². The summed E-state index contributed by atoms with van der Waals surface area (Å²) in [4.78, 5) is 28.2. The highest BCUT2D eigenvalue weighted by molar-refractivity contribution is 6.00. The average Bonchev–Trinajstić information content (AvgIpc) is 2.43. The van der Waals surface area contributed by atoms with Crippen LogP contribution in [0.2, 0.25) is 0 Å². The molecule has 0 bridgehead atoms. The number of aromatic nitrogens is 3. The second-order valence-electron chi connectivity index (χ2n) is 2.88. The number of pyridine rings is 1. The lowest BCUT2D eigenvalue weighted by molar-refractivity contribution is 0.0698. The van der Waals surface area contributed by atoms with Crippen LogP contribution in [-0.2, 0) is 7.05 Å². The number of carbonyl (C=O) groups is 1. The Hall–Kier alpha value is -2.11. The number of hydrogen-bond acceptors (Lipinski definition) is 3. The monoisotopic (exact) mass is 193 g/mol. The Morgan fingerprint density at radius 2 is 2.29 bits per heavy atom. The smallest absolute Gasteiger partial charge is 0.339 e. The van der Waals surface area contributed by atoms with Gasteiger partial charge >= 0.3 is 11.7 Å². The summed E-state index contributed by atoms with van der Waals surface area (Å²) in [5.74, 6) is -1.11. The molecule has 2 rings (SSSR count). The maximum Gasteiger partial charge on any atom is 0.339 e. The zero-order valence-electron chi connectivity index (χ0n) is 7.31. The minimum Gasteiger partial charge on any atom is -0.478 e. The molecular formula is C8H7N3O3. The van der Waals surface area contributed by atoms with Crippen molar-refractivity contribution in [1.29, 1.82) is 0 Å². The Labute approximate surface area is 77.8 Å². The Morgan fingerprint density at radius 1 is 1.57 bits per heavy atom. The van der Waals surface area contributed by atoms with E-state index in [0.717, 1.165) is 0 Å². The highest BCUT2D eigenvalue weighted by Gasteiger charge is 2.12. The summed E-state index contributed by atoms with van der Waals surface area (Å²) >= 11 is 0. The first-order valence-electron chi connectivity index (χ1n) is 3.87. The fourth-order valence-corrected chi connectivity index (χ4v) is 1.30. The molecule has 0 saturated carbocycles. The second kappa shape index (κ2) is 2.69. The summed E-state index contributed by atoms with van der Waals surface area (Å²) in [5, 5.41) is 8.81. The zero-order valence-corrected chi connectivity index (χ0v) is 7.31. The number of nitrogens with one attached hydrogen (secondary N) is 1. The molecule has 0 aromatic carbocycles. The van der Waals surface area contributed by atoms with Crippen molar-refractivity contribution in [2.45, 2.75) is 0 Å². The summed E-state index contributed by atoms with van der Waals surface area (Å²) in [5.41, 5.74) is 0.436. The van der Waals surface area contributed by atoms with Crippen LogP contribution in [0.25, 0.3) is 11.0 Å². The third kappa shape index (κ3) is 1.00. The van der Waals surface area contributed by atoms with E-state index in [-0.39, 0.29) is 11.3 Å². The molecule has 0 fully saturated rings. The maximum absolute atomic E-state index is 11.2. The summed E-state index contributed by atoms with van der Waals surface area (Å²) in [7, 11) is 1.55. The quantitative estimate of drug-likeness (QED) is 0.665. The van der Waals surface area contributed by atoms with Gasteiger partial charge in [0.15, 0.2) is 0 Å². The number of fused-ring (bicyclic) bond motifs is 1. The molecule has 0 aliphatic heterocycles. The molecule has 0 spiro atoms. The summed E-state index contributed by atoms with van der Waals surface area (Å²) in [6.45, 7) is 0. The largest absolute Gasteiger partial charge is 0.478 e. The van der Waals surface area contributed by atoms with Crippen molar-refractivity contribution >= 4 is 17.0 Å². The Kier molecular flexibility index (Phi) is 1.63. The lowest BCUT2D eigenvalue weighted by Gasteiger charge is -1.95. The minimum absolute atomic E-state index is 0.000185. The molecule has 6 nitrogen and oxygen atoms in total. The van der Waals surface area contributed by atoms with E-state index in [4.69, 9.17) is 5.11 Å². The van der Waals surface area contributed by atoms with E-state index in [9.17, 15) is 9.59 Å². The third-order valence-corrected chi connectivity index (χ3v) is 2.05. The molecule has 6 heteroatoms. The van der Waals surface area contributed by atoms with Crippen LogP contribution in [0.4, 0.5) is 0 Å². The summed E-state index contributed by atoms with van der Waals surface area (Å²) in [6.07, 6.45) is 2.65. The van der Waals surface area contributed by atoms with Gasteiger partial charge in [-0.05, 0) is 0 Å². The maximum atomic E-state index is 11.2. The molecule has 0 amide bonds. The van der Waals surface area contributed by atoms with Gasteiger partial charge in [-0.3, -0.25) is 9.55 Å². The van der Waals surface area contributed by atoms with Gasteiger partial charge in [-0.1, -0.05) is 0 Å². The number of aromatic amines is 1. The van der Waals surface area contributed by atoms with Crippen molar-refractivity contribution in [2.24, 2.45) is 7.05 Å². The number of rotatable bonds is 1. The van der Waals surface area contributed by atoms with E-state index < -0.39 is 5.97 Å². The minimum atomic E-state index is -1.11. The molecule has 0 aliphatic rings. The first-order chi connectivity index (χ1) is 6.61. The van der Waals surface area contributed by atoms with Crippen molar-refractivity contribution < 1.29 is 9.90 Å². The SMILES string of the molecule is Cn1c(=O)[nH]c2c(C(=O)O)cncc21. The molecule has 0 saturated heterocycles. The van der Waals surface area contributed by atoms with Crippen molar-refractivity contribution in [2.75, 3.05) is 0 Å². The normalized spacial score (nSPS) is 10.6. The topological polar surface area (TPSA) is 88.0 Å². The van der Waals surface area contributed by atoms with E-state index in [1.807, 2.05) is 0 Å². The van der Waals surface area contributed by atoms with Crippen LogP contribution in [0.1, 0.15) is 10.4 Å². The third-order valence-electron chi connectivity index (χ3n) is 2.05. The highest BCUT2D eigenvalue weighted by atomic mass is 16.4. The number of carboxylic acid groups (broad SMARTS) is 1. The molecule has 0 radical (unpaired) electrons. The van der Waals surface area contributed by atoms with E-state index in [0.29, 0.717) is 11.0 Å². The van der Waals surface area contributed by atoms with Gasteiger partial charge in [0.1, 0.15) is 5.56 Å². The van der Waals surface area contributed by atoms with E-state index in [1.54, 1.807) is 7.05 Å². The van der Waals surface area contributed by atoms with Gasteiger partial charge in [0, 0.05) is 13.2 Å². The Morgan fingerprint density at radius 3 is 2.93 bits per heavy atom.